The molecule has 3 rings (SSSR count). The molecule has 7 heteroatoms. The Kier molecular flexibility index (Phi) is 5.54. The average molecular weight is 361 g/mol. The smallest absolute Gasteiger partial charge is 0.325 e. The van der Waals surface area contributed by atoms with Gasteiger partial charge in [0.15, 0.2) is 0 Å². The van der Waals surface area contributed by atoms with E-state index in [2.05, 4.69) is 10.6 Å². The molecule has 1 spiro atoms. The Labute approximate surface area is 152 Å². The van der Waals surface area contributed by atoms with Gasteiger partial charge in [0.2, 0.25) is 5.91 Å². The highest BCUT2D eigenvalue weighted by Gasteiger charge is 2.51. The predicted molar refractivity (Wildman–Crippen MR) is 93.8 cm³/mol. The molecule has 1 aromatic rings. The van der Waals surface area contributed by atoms with Crippen LogP contribution in [-0.4, -0.2) is 41.4 Å². The molecular formula is C19H24FN3O3. The molecule has 1 aliphatic carbocycles. The Morgan fingerprint density at radius 3 is 2.69 bits per heavy atom. The monoisotopic (exact) mass is 361 g/mol. The molecular weight excluding hydrogens is 337 g/mol. The van der Waals surface area contributed by atoms with Gasteiger partial charge in [-0.3, -0.25) is 14.5 Å². The van der Waals surface area contributed by atoms with Crippen LogP contribution in [0.1, 0.15) is 44.1 Å². The van der Waals surface area contributed by atoms with Crippen molar-refractivity contribution in [3.63, 3.8) is 0 Å². The van der Waals surface area contributed by atoms with E-state index in [0.29, 0.717) is 37.8 Å². The highest BCUT2D eigenvalue weighted by atomic mass is 19.1. The summed E-state index contributed by atoms with van der Waals surface area (Å²) in [4.78, 5) is 37.7. The maximum Gasteiger partial charge on any atom is 0.325 e. The molecule has 2 aliphatic rings. The van der Waals surface area contributed by atoms with Crippen LogP contribution in [0.5, 0.6) is 0 Å². The molecule has 1 saturated carbocycles. The summed E-state index contributed by atoms with van der Waals surface area (Å²) >= 11 is 0. The van der Waals surface area contributed by atoms with E-state index in [9.17, 15) is 18.8 Å². The van der Waals surface area contributed by atoms with Crippen molar-refractivity contribution in [3.05, 3.63) is 35.6 Å². The third-order valence-corrected chi connectivity index (χ3v) is 5.16. The van der Waals surface area contributed by atoms with Gasteiger partial charge in [-0.1, -0.05) is 31.0 Å². The van der Waals surface area contributed by atoms with E-state index in [4.69, 9.17) is 0 Å². The number of imide groups is 1. The number of rotatable bonds is 7. The fourth-order valence-electron chi connectivity index (χ4n) is 3.72. The number of halogens is 1. The minimum Gasteiger partial charge on any atom is -0.356 e. The first-order valence-electron chi connectivity index (χ1n) is 9.16. The number of nitrogens with zero attached hydrogens (tertiary/aromatic N) is 1. The number of carbonyl (C=O) groups is 3. The lowest BCUT2D eigenvalue weighted by atomic mass is 9.98. The Bertz CT molecular complexity index is 701. The molecule has 0 aromatic heterocycles. The molecule has 0 radical (unpaired) electrons. The van der Waals surface area contributed by atoms with Crippen LogP contribution < -0.4 is 10.6 Å². The minimum atomic E-state index is -0.695. The van der Waals surface area contributed by atoms with E-state index < -0.39 is 5.54 Å². The molecule has 2 N–H and O–H groups in total. The molecule has 0 atom stereocenters. The van der Waals surface area contributed by atoms with Gasteiger partial charge in [-0.25, -0.2) is 9.18 Å². The summed E-state index contributed by atoms with van der Waals surface area (Å²) in [6, 6.07) is 6.12. The Hall–Kier alpha value is -2.44. The second-order valence-corrected chi connectivity index (χ2v) is 6.97. The first-order valence-corrected chi connectivity index (χ1v) is 9.16. The number of hydrogen-bond donors (Lipinski definition) is 2. The molecule has 0 bridgehead atoms. The molecule has 4 amide bonds. The fraction of sp³-hybridized carbons (Fsp3) is 0.526. The lowest BCUT2D eigenvalue weighted by molar-refractivity contribution is -0.131. The summed E-state index contributed by atoms with van der Waals surface area (Å²) in [6.45, 7) is 0.596. The van der Waals surface area contributed by atoms with Crippen molar-refractivity contribution in [1.29, 1.82) is 0 Å². The molecule has 26 heavy (non-hydrogen) atoms. The number of benzene rings is 1. The molecule has 1 heterocycles. The van der Waals surface area contributed by atoms with E-state index in [1.165, 1.54) is 11.0 Å². The van der Waals surface area contributed by atoms with E-state index in [0.717, 1.165) is 12.8 Å². The summed E-state index contributed by atoms with van der Waals surface area (Å²) in [5.74, 6) is -0.593. The van der Waals surface area contributed by atoms with Gasteiger partial charge in [0.25, 0.3) is 5.91 Å². The molecule has 1 saturated heterocycles. The van der Waals surface area contributed by atoms with E-state index in [1.807, 2.05) is 0 Å². The van der Waals surface area contributed by atoms with Crippen LogP contribution in [0, 0.1) is 5.82 Å². The molecule has 140 valence electrons. The lowest BCUT2D eigenvalue weighted by Crippen LogP contribution is -2.44. The first kappa shape index (κ1) is 18.4. The Morgan fingerprint density at radius 1 is 1.23 bits per heavy atom. The third kappa shape index (κ3) is 3.86. The van der Waals surface area contributed by atoms with Crippen LogP contribution in [0.25, 0.3) is 0 Å². The number of nitrogens with one attached hydrogen (secondary N) is 2. The summed E-state index contributed by atoms with van der Waals surface area (Å²) < 4.78 is 13.5. The SMILES string of the molecule is O=C(CCCN1C(=O)NC2(CCCC2)C1=O)NCCc1ccccc1F. The van der Waals surface area contributed by atoms with Gasteiger partial charge in [-0.05, 0) is 37.3 Å². The van der Waals surface area contributed by atoms with Crippen molar-refractivity contribution in [2.24, 2.45) is 0 Å². The second-order valence-electron chi connectivity index (χ2n) is 6.97. The summed E-state index contributed by atoms with van der Waals surface area (Å²) in [5.41, 5.74) is -0.131. The van der Waals surface area contributed by atoms with Crippen LogP contribution in [0.4, 0.5) is 9.18 Å². The van der Waals surface area contributed by atoms with Gasteiger partial charge in [0.05, 0.1) is 0 Å². The van der Waals surface area contributed by atoms with Crippen LogP contribution >= 0.6 is 0 Å². The predicted octanol–water partition coefficient (Wildman–Crippen LogP) is 2.13. The van der Waals surface area contributed by atoms with Crippen LogP contribution in [-0.2, 0) is 16.0 Å². The molecule has 1 aromatic carbocycles. The molecule has 1 aliphatic heterocycles. The molecule has 6 nitrogen and oxygen atoms in total. The van der Waals surface area contributed by atoms with Crippen molar-refractivity contribution in [2.45, 2.75) is 50.5 Å². The quantitative estimate of drug-likeness (QED) is 0.730. The minimum absolute atomic E-state index is 0.153. The largest absolute Gasteiger partial charge is 0.356 e. The normalized spacial score (nSPS) is 18.4. The summed E-state index contributed by atoms with van der Waals surface area (Å²) in [7, 11) is 0. The number of hydrogen-bond acceptors (Lipinski definition) is 3. The standard InChI is InChI=1S/C19H24FN3O3/c20-15-7-2-1-6-14(15)9-12-21-16(24)8-5-13-23-17(25)19(22-18(23)26)10-3-4-11-19/h1-2,6-7H,3-5,8-13H2,(H,21,24)(H,22,26). The zero-order valence-electron chi connectivity index (χ0n) is 14.7. The second kappa shape index (κ2) is 7.85. The van der Waals surface area contributed by atoms with Crippen LogP contribution in [0.2, 0.25) is 0 Å². The van der Waals surface area contributed by atoms with E-state index in [1.54, 1.807) is 18.2 Å². The van der Waals surface area contributed by atoms with Crippen molar-refractivity contribution >= 4 is 17.8 Å². The topological polar surface area (TPSA) is 78.5 Å². The van der Waals surface area contributed by atoms with Gasteiger partial charge in [0, 0.05) is 19.5 Å². The Morgan fingerprint density at radius 2 is 1.96 bits per heavy atom. The highest BCUT2D eigenvalue weighted by Crippen LogP contribution is 2.35. The summed E-state index contributed by atoms with van der Waals surface area (Å²) in [5, 5.41) is 5.57. The fourth-order valence-corrected chi connectivity index (χ4v) is 3.72. The number of urea groups is 1. The zero-order chi connectivity index (χ0) is 18.6. The van der Waals surface area contributed by atoms with Gasteiger partial charge >= 0.3 is 6.03 Å². The first-order chi connectivity index (χ1) is 12.5. The van der Waals surface area contributed by atoms with Gasteiger partial charge in [-0.2, -0.15) is 0 Å². The van der Waals surface area contributed by atoms with Crippen molar-refractivity contribution in [3.8, 4) is 0 Å². The van der Waals surface area contributed by atoms with Crippen LogP contribution in [0.15, 0.2) is 24.3 Å². The molecule has 0 unspecified atom stereocenters. The lowest BCUT2D eigenvalue weighted by Gasteiger charge is -2.19. The van der Waals surface area contributed by atoms with Gasteiger partial charge < -0.3 is 10.6 Å². The Balaban J connectivity index is 1.38. The molecule has 2 fully saturated rings. The average Bonchev–Trinajstić information content (AvgIpc) is 3.17. The van der Waals surface area contributed by atoms with Gasteiger partial charge in [-0.15, -0.1) is 0 Å². The van der Waals surface area contributed by atoms with E-state index in [-0.39, 0.29) is 36.6 Å². The number of amides is 4. The van der Waals surface area contributed by atoms with Crippen molar-refractivity contribution in [2.75, 3.05) is 13.1 Å². The zero-order valence-corrected chi connectivity index (χ0v) is 14.7. The van der Waals surface area contributed by atoms with Crippen LogP contribution in [0.3, 0.4) is 0 Å². The van der Waals surface area contributed by atoms with Crippen molar-refractivity contribution in [1.82, 2.24) is 15.5 Å². The third-order valence-electron chi connectivity index (χ3n) is 5.16. The van der Waals surface area contributed by atoms with Gasteiger partial charge in [0.1, 0.15) is 11.4 Å². The number of carbonyl (C=O) groups excluding carboxylic acids is 3. The maximum atomic E-state index is 13.5. The highest BCUT2D eigenvalue weighted by molar-refractivity contribution is 6.07. The summed E-state index contributed by atoms with van der Waals surface area (Å²) in [6.07, 6.45) is 4.36. The van der Waals surface area contributed by atoms with Crippen molar-refractivity contribution < 1.29 is 18.8 Å². The van der Waals surface area contributed by atoms with E-state index >= 15 is 0 Å². The maximum absolute atomic E-state index is 13.5.